The summed E-state index contributed by atoms with van der Waals surface area (Å²) in [6.45, 7) is 1.02. The van der Waals surface area contributed by atoms with E-state index in [1.165, 1.54) is 12.2 Å². The lowest BCUT2D eigenvalue weighted by atomic mass is 10.0. The molecule has 0 aliphatic rings. The van der Waals surface area contributed by atoms with E-state index in [2.05, 4.69) is 15.0 Å². The molecule has 0 bridgehead atoms. The smallest absolute Gasteiger partial charge is 0.211 e. The number of hydrogen-bond acceptors (Lipinski definition) is 6. The molecule has 0 saturated heterocycles. The van der Waals surface area contributed by atoms with Gasteiger partial charge in [-0.2, -0.15) is 0 Å². The van der Waals surface area contributed by atoms with Crippen molar-refractivity contribution >= 4 is 18.2 Å². The van der Waals surface area contributed by atoms with Gasteiger partial charge in [-0.15, -0.1) is 0 Å². The van der Waals surface area contributed by atoms with E-state index in [1.807, 2.05) is 0 Å². The molecule has 0 aromatic rings. The highest BCUT2D eigenvalue weighted by Gasteiger charge is 2.06. The highest BCUT2D eigenvalue weighted by Crippen LogP contribution is 2.13. The quantitative estimate of drug-likeness (QED) is 0.295. The van der Waals surface area contributed by atoms with E-state index in [9.17, 15) is 14.4 Å². The second kappa shape index (κ2) is 15.2. The van der Waals surface area contributed by atoms with Crippen LogP contribution in [-0.2, 0) is 14.4 Å². The topological polar surface area (TPSA) is 88.3 Å². The minimum absolute atomic E-state index is 0.0145. The first-order valence-corrected chi connectivity index (χ1v) is 6.99. The summed E-state index contributed by atoms with van der Waals surface area (Å²) in [5.74, 6) is 0. The van der Waals surface area contributed by atoms with Gasteiger partial charge in [-0.05, 0) is 32.1 Å². The standard InChI is InChI=1S/C14H21N3O3/c18-11-15-9-5-2-1-3-7-14(17-13-20)8-4-6-10-16-12-19/h14H,1-10H2. The molecule has 0 heterocycles. The van der Waals surface area contributed by atoms with Crippen molar-refractivity contribution in [2.75, 3.05) is 13.1 Å². The first-order chi connectivity index (χ1) is 9.85. The Bertz CT molecular complexity index is 379. The largest absolute Gasteiger partial charge is 0.235 e. The lowest BCUT2D eigenvalue weighted by Crippen LogP contribution is -2.04. The van der Waals surface area contributed by atoms with Crippen LogP contribution in [0.3, 0.4) is 0 Å². The van der Waals surface area contributed by atoms with Crippen LogP contribution < -0.4 is 0 Å². The van der Waals surface area contributed by atoms with E-state index in [0.717, 1.165) is 51.4 Å². The Morgan fingerprint density at radius 3 is 1.70 bits per heavy atom. The second-order valence-corrected chi connectivity index (χ2v) is 4.52. The Morgan fingerprint density at radius 1 is 0.650 bits per heavy atom. The van der Waals surface area contributed by atoms with Crippen LogP contribution in [0, 0.1) is 0 Å². The molecule has 1 unspecified atom stereocenters. The van der Waals surface area contributed by atoms with E-state index in [-0.39, 0.29) is 6.04 Å². The van der Waals surface area contributed by atoms with Gasteiger partial charge in [0.05, 0.1) is 19.1 Å². The zero-order valence-electron chi connectivity index (χ0n) is 11.7. The number of rotatable bonds is 13. The Labute approximate surface area is 119 Å². The molecule has 0 rings (SSSR count). The number of unbranched alkanes of at least 4 members (excludes halogenated alkanes) is 4. The zero-order valence-corrected chi connectivity index (χ0v) is 11.7. The molecule has 0 spiro atoms. The molecule has 0 saturated carbocycles. The van der Waals surface area contributed by atoms with Gasteiger partial charge < -0.3 is 0 Å². The minimum atomic E-state index is 0.0145. The highest BCUT2D eigenvalue weighted by atomic mass is 16.1. The molecule has 0 aromatic heterocycles. The van der Waals surface area contributed by atoms with Crippen molar-refractivity contribution < 1.29 is 14.4 Å². The fourth-order valence-corrected chi connectivity index (χ4v) is 1.93. The van der Waals surface area contributed by atoms with Gasteiger partial charge in [0, 0.05) is 0 Å². The number of hydrogen-bond donors (Lipinski definition) is 0. The summed E-state index contributed by atoms with van der Waals surface area (Å²) < 4.78 is 0. The van der Waals surface area contributed by atoms with E-state index in [1.54, 1.807) is 6.08 Å². The van der Waals surface area contributed by atoms with Gasteiger partial charge in [-0.3, -0.25) is 0 Å². The normalized spacial score (nSPS) is 10.8. The summed E-state index contributed by atoms with van der Waals surface area (Å²) >= 11 is 0. The van der Waals surface area contributed by atoms with Crippen molar-refractivity contribution in [3.05, 3.63) is 0 Å². The average molecular weight is 279 g/mol. The van der Waals surface area contributed by atoms with Gasteiger partial charge in [0.25, 0.3) is 0 Å². The van der Waals surface area contributed by atoms with Crippen LogP contribution in [0.4, 0.5) is 0 Å². The van der Waals surface area contributed by atoms with Crippen molar-refractivity contribution in [1.29, 1.82) is 0 Å². The molecule has 110 valence electrons. The van der Waals surface area contributed by atoms with Gasteiger partial charge in [0.15, 0.2) is 0 Å². The summed E-state index contributed by atoms with van der Waals surface area (Å²) in [7, 11) is 0. The van der Waals surface area contributed by atoms with Gasteiger partial charge in [-0.25, -0.2) is 29.4 Å². The molecule has 1 atom stereocenters. The highest BCUT2D eigenvalue weighted by molar-refractivity contribution is 5.33. The molecule has 0 amide bonds. The molecule has 6 nitrogen and oxygen atoms in total. The summed E-state index contributed by atoms with van der Waals surface area (Å²) in [5, 5.41) is 0. The van der Waals surface area contributed by atoms with Crippen molar-refractivity contribution in [2.45, 2.75) is 57.4 Å². The van der Waals surface area contributed by atoms with E-state index in [4.69, 9.17) is 0 Å². The second-order valence-electron chi connectivity index (χ2n) is 4.52. The SMILES string of the molecule is O=C=NCCCCCCC(CCCCN=C=O)N=C=O. The van der Waals surface area contributed by atoms with Crippen LogP contribution in [-0.4, -0.2) is 37.4 Å². The fraction of sp³-hybridized carbons (Fsp3) is 0.786. The third-order valence-corrected chi connectivity index (χ3v) is 2.98. The Balaban J connectivity index is 3.66. The average Bonchev–Trinajstić information content (AvgIpc) is 2.46. The summed E-state index contributed by atoms with van der Waals surface area (Å²) in [6, 6.07) is 0.0145. The molecule has 0 aliphatic heterocycles. The van der Waals surface area contributed by atoms with Crippen LogP contribution in [0.1, 0.15) is 51.4 Å². The lowest BCUT2D eigenvalue weighted by molar-refractivity contribution is 0.492. The first kappa shape index (κ1) is 18.1. The molecule has 0 radical (unpaired) electrons. The third kappa shape index (κ3) is 12.6. The monoisotopic (exact) mass is 279 g/mol. The van der Waals surface area contributed by atoms with E-state index < -0.39 is 0 Å². The van der Waals surface area contributed by atoms with Gasteiger partial charge in [0.2, 0.25) is 18.2 Å². The summed E-state index contributed by atoms with van der Waals surface area (Å²) in [6.07, 6.45) is 11.9. The maximum atomic E-state index is 10.3. The maximum Gasteiger partial charge on any atom is 0.235 e. The van der Waals surface area contributed by atoms with Crippen molar-refractivity contribution in [2.24, 2.45) is 15.0 Å². The van der Waals surface area contributed by atoms with Crippen LogP contribution >= 0.6 is 0 Å². The Morgan fingerprint density at radius 2 is 1.15 bits per heavy atom. The predicted molar refractivity (Wildman–Crippen MR) is 74.8 cm³/mol. The Kier molecular flexibility index (Phi) is 13.8. The molecule has 0 aliphatic carbocycles. The molecule has 0 fully saturated rings. The van der Waals surface area contributed by atoms with Crippen LogP contribution in [0.25, 0.3) is 0 Å². The maximum absolute atomic E-state index is 10.3. The van der Waals surface area contributed by atoms with Crippen molar-refractivity contribution in [3.8, 4) is 0 Å². The lowest BCUT2D eigenvalue weighted by Gasteiger charge is -2.09. The zero-order chi connectivity index (χ0) is 14.9. The first-order valence-electron chi connectivity index (χ1n) is 6.99. The van der Waals surface area contributed by atoms with E-state index in [0.29, 0.717) is 13.1 Å². The van der Waals surface area contributed by atoms with Crippen LogP contribution in [0.2, 0.25) is 0 Å². The fourth-order valence-electron chi connectivity index (χ4n) is 1.93. The van der Waals surface area contributed by atoms with Crippen molar-refractivity contribution in [1.82, 2.24) is 0 Å². The molecule has 0 N–H and O–H groups in total. The molecule has 6 heteroatoms. The van der Waals surface area contributed by atoms with Crippen molar-refractivity contribution in [3.63, 3.8) is 0 Å². The van der Waals surface area contributed by atoms with Crippen LogP contribution in [0.5, 0.6) is 0 Å². The number of aliphatic imine (C=N–C) groups is 3. The van der Waals surface area contributed by atoms with Gasteiger partial charge in [0.1, 0.15) is 0 Å². The summed E-state index contributed by atoms with van der Waals surface area (Å²) in [4.78, 5) is 40.9. The van der Waals surface area contributed by atoms with Crippen LogP contribution in [0.15, 0.2) is 15.0 Å². The van der Waals surface area contributed by atoms with Gasteiger partial charge >= 0.3 is 0 Å². The molecular weight excluding hydrogens is 258 g/mol. The molecular formula is C14H21N3O3. The number of carbonyl (C=O) groups excluding carboxylic acids is 3. The van der Waals surface area contributed by atoms with Gasteiger partial charge in [-0.1, -0.05) is 19.3 Å². The van der Waals surface area contributed by atoms with E-state index >= 15 is 0 Å². The number of isocyanates is 3. The Hall–Kier alpha value is -1.86. The summed E-state index contributed by atoms with van der Waals surface area (Å²) in [5.41, 5.74) is 0. The molecule has 0 aromatic carbocycles. The number of nitrogens with zero attached hydrogens (tertiary/aromatic N) is 3. The molecule has 20 heavy (non-hydrogen) atoms. The predicted octanol–water partition coefficient (Wildman–Crippen LogP) is 2.48. The minimum Gasteiger partial charge on any atom is -0.211 e. The third-order valence-electron chi connectivity index (χ3n) is 2.98.